The van der Waals surface area contributed by atoms with Crippen LogP contribution in [0, 0.1) is 27.4 Å². The van der Waals surface area contributed by atoms with Gasteiger partial charge in [0, 0.05) is 31.1 Å². The molecular formula is C14H16N4O3. The van der Waals surface area contributed by atoms with E-state index in [2.05, 4.69) is 6.07 Å². The van der Waals surface area contributed by atoms with E-state index in [4.69, 9.17) is 5.73 Å². The molecule has 110 valence electrons. The summed E-state index contributed by atoms with van der Waals surface area (Å²) < 4.78 is 0. The summed E-state index contributed by atoms with van der Waals surface area (Å²) >= 11 is 0. The number of non-ortho nitro benzene ring substituents is 1. The first-order valence-electron chi connectivity index (χ1n) is 6.70. The van der Waals surface area contributed by atoms with Crippen molar-refractivity contribution in [2.75, 3.05) is 13.1 Å². The molecule has 1 aromatic carbocycles. The number of amides is 1. The van der Waals surface area contributed by atoms with Gasteiger partial charge >= 0.3 is 0 Å². The van der Waals surface area contributed by atoms with Crippen LogP contribution in [-0.4, -0.2) is 28.8 Å². The monoisotopic (exact) mass is 288 g/mol. The first kappa shape index (κ1) is 14.9. The summed E-state index contributed by atoms with van der Waals surface area (Å²) in [5.74, 6) is -0.454. The second-order valence-electron chi connectivity index (χ2n) is 5.10. The van der Waals surface area contributed by atoms with Crippen molar-refractivity contribution in [3.05, 3.63) is 39.9 Å². The molecule has 0 radical (unpaired) electrons. The number of piperidine rings is 1. The van der Waals surface area contributed by atoms with Gasteiger partial charge in [-0.05, 0) is 18.4 Å². The van der Waals surface area contributed by atoms with Crippen LogP contribution in [0.4, 0.5) is 5.69 Å². The molecule has 1 atom stereocenters. The minimum absolute atomic E-state index is 0.0280. The van der Waals surface area contributed by atoms with E-state index in [0.29, 0.717) is 31.5 Å². The summed E-state index contributed by atoms with van der Waals surface area (Å²) in [6.07, 6.45) is 1.23. The van der Waals surface area contributed by atoms with E-state index < -0.39 is 11.0 Å². The van der Waals surface area contributed by atoms with Gasteiger partial charge in [-0.25, -0.2) is 0 Å². The quantitative estimate of drug-likeness (QED) is 0.663. The van der Waals surface area contributed by atoms with E-state index in [0.717, 1.165) is 0 Å². The predicted molar refractivity (Wildman–Crippen MR) is 74.9 cm³/mol. The van der Waals surface area contributed by atoms with E-state index in [1.165, 1.54) is 12.1 Å². The number of carbonyl (C=O) groups is 1. The van der Waals surface area contributed by atoms with E-state index in [9.17, 15) is 20.2 Å². The van der Waals surface area contributed by atoms with Gasteiger partial charge in [-0.3, -0.25) is 19.8 Å². The van der Waals surface area contributed by atoms with Crippen molar-refractivity contribution in [1.82, 2.24) is 4.90 Å². The van der Waals surface area contributed by atoms with Crippen LogP contribution in [-0.2, 0) is 4.79 Å². The highest BCUT2D eigenvalue weighted by atomic mass is 16.6. The molecule has 1 amide bonds. The van der Waals surface area contributed by atoms with Gasteiger partial charge < -0.3 is 5.73 Å². The number of nitriles is 1. The van der Waals surface area contributed by atoms with Crippen molar-refractivity contribution in [2.45, 2.75) is 18.9 Å². The van der Waals surface area contributed by atoms with Crippen LogP contribution in [0.3, 0.4) is 0 Å². The lowest BCUT2D eigenvalue weighted by molar-refractivity contribution is -0.384. The second-order valence-corrected chi connectivity index (χ2v) is 5.10. The van der Waals surface area contributed by atoms with Crippen LogP contribution in [0.2, 0.25) is 0 Å². The number of rotatable bonds is 4. The van der Waals surface area contributed by atoms with Crippen molar-refractivity contribution < 1.29 is 9.72 Å². The van der Waals surface area contributed by atoms with Crippen LogP contribution < -0.4 is 5.73 Å². The van der Waals surface area contributed by atoms with Crippen LogP contribution >= 0.6 is 0 Å². The maximum atomic E-state index is 11.2. The van der Waals surface area contributed by atoms with Crippen LogP contribution in [0.1, 0.15) is 24.4 Å². The highest BCUT2D eigenvalue weighted by molar-refractivity contribution is 5.76. The summed E-state index contributed by atoms with van der Waals surface area (Å²) in [6, 6.07) is 7.75. The smallest absolute Gasteiger partial charge is 0.269 e. The number of nitro benzene ring substituents is 1. The lowest BCUT2D eigenvalue weighted by Crippen LogP contribution is -2.40. The number of nitro groups is 1. The summed E-state index contributed by atoms with van der Waals surface area (Å²) in [4.78, 5) is 23.4. The third-order valence-corrected chi connectivity index (χ3v) is 3.82. The fourth-order valence-corrected chi connectivity index (χ4v) is 2.62. The average molecular weight is 288 g/mol. The maximum Gasteiger partial charge on any atom is 0.269 e. The topological polar surface area (TPSA) is 113 Å². The minimum atomic E-state index is -0.543. The average Bonchev–Trinajstić information content (AvgIpc) is 2.49. The Kier molecular flexibility index (Phi) is 4.50. The molecule has 21 heavy (non-hydrogen) atoms. The number of nitrogens with zero attached hydrogens (tertiary/aromatic N) is 3. The van der Waals surface area contributed by atoms with E-state index in [-0.39, 0.29) is 17.5 Å². The molecule has 1 unspecified atom stereocenters. The molecule has 1 aliphatic heterocycles. The van der Waals surface area contributed by atoms with Gasteiger partial charge in [0.1, 0.15) is 6.04 Å². The van der Waals surface area contributed by atoms with Crippen molar-refractivity contribution in [3.63, 3.8) is 0 Å². The number of hydrogen-bond donors (Lipinski definition) is 1. The van der Waals surface area contributed by atoms with E-state index >= 15 is 0 Å². The number of carbonyl (C=O) groups excluding carboxylic acids is 1. The van der Waals surface area contributed by atoms with Crippen LogP contribution in [0.25, 0.3) is 0 Å². The van der Waals surface area contributed by atoms with Gasteiger partial charge in [0.25, 0.3) is 5.69 Å². The van der Waals surface area contributed by atoms with E-state index in [1.54, 1.807) is 12.1 Å². The summed E-state index contributed by atoms with van der Waals surface area (Å²) in [7, 11) is 0. The van der Waals surface area contributed by atoms with Crippen LogP contribution in [0.5, 0.6) is 0 Å². The van der Waals surface area contributed by atoms with Gasteiger partial charge in [-0.2, -0.15) is 5.26 Å². The third kappa shape index (κ3) is 3.35. The fourth-order valence-electron chi connectivity index (χ4n) is 2.62. The fraction of sp³-hybridized carbons (Fsp3) is 0.429. The Morgan fingerprint density at radius 1 is 1.48 bits per heavy atom. The van der Waals surface area contributed by atoms with Crippen LogP contribution in [0.15, 0.2) is 24.3 Å². The molecule has 7 nitrogen and oxygen atoms in total. The highest BCUT2D eigenvalue weighted by Crippen LogP contribution is 2.28. The molecule has 1 heterocycles. The minimum Gasteiger partial charge on any atom is -0.369 e. The largest absolute Gasteiger partial charge is 0.369 e. The van der Waals surface area contributed by atoms with Gasteiger partial charge in [-0.1, -0.05) is 12.1 Å². The van der Waals surface area contributed by atoms with Gasteiger partial charge in [0.2, 0.25) is 5.91 Å². The Bertz CT molecular complexity index is 588. The highest BCUT2D eigenvalue weighted by Gasteiger charge is 2.28. The molecule has 2 rings (SSSR count). The Morgan fingerprint density at radius 3 is 2.67 bits per heavy atom. The lowest BCUT2D eigenvalue weighted by Gasteiger charge is -2.33. The van der Waals surface area contributed by atoms with Crippen molar-refractivity contribution in [3.8, 4) is 6.07 Å². The number of primary amides is 1. The molecule has 0 bridgehead atoms. The van der Waals surface area contributed by atoms with Gasteiger partial charge in [0.15, 0.2) is 0 Å². The summed E-state index contributed by atoms with van der Waals surface area (Å²) in [5.41, 5.74) is 5.86. The van der Waals surface area contributed by atoms with Crippen molar-refractivity contribution in [2.24, 2.45) is 11.7 Å². The first-order chi connectivity index (χ1) is 10.0. The predicted octanol–water partition coefficient (Wildman–Crippen LogP) is 1.36. The Labute approximate surface area is 122 Å². The molecule has 1 saturated heterocycles. The molecule has 7 heteroatoms. The molecule has 1 aliphatic rings. The van der Waals surface area contributed by atoms with E-state index in [1.807, 2.05) is 4.90 Å². The third-order valence-electron chi connectivity index (χ3n) is 3.82. The number of hydrogen-bond acceptors (Lipinski definition) is 5. The molecule has 0 aliphatic carbocycles. The zero-order valence-electron chi connectivity index (χ0n) is 11.4. The Balaban J connectivity index is 2.14. The number of benzene rings is 1. The molecule has 2 N–H and O–H groups in total. The Hall–Kier alpha value is -2.46. The Morgan fingerprint density at radius 2 is 2.14 bits per heavy atom. The lowest BCUT2D eigenvalue weighted by atomic mass is 9.94. The van der Waals surface area contributed by atoms with Gasteiger partial charge in [0.05, 0.1) is 11.0 Å². The number of nitrogens with two attached hydrogens (primary N) is 1. The van der Waals surface area contributed by atoms with Crippen molar-refractivity contribution >= 4 is 11.6 Å². The number of likely N-dealkylation sites (tertiary alicyclic amines) is 1. The standard InChI is InChI=1S/C14H16N4O3/c15-9-13(11-2-1-3-12(8-11)18(20)21)17-6-4-10(5-7-17)14(16)19/h1-3,8,10,13H,4-7H2,(H2,16,19). The van der Waals surface area contributed by atoms with Gasteiger partial charge in [-0.15, -0.1) is 0 Å². The van der Waals surface area contributed by atoms with Crippen molar-refractivity contribution in [1.29, 1.82) is 5.26 Å². The molecular weight excluding hydrogens is 272 g/mol. The normalized spacial score (nSPS) is 17.9. The second kappa shape index (κ2) is 6.33. The SMILES string of the molecule is N#CC(c1cccc([N+](=O)[O-])c1)N1CCC(C(N)=O)CC1. The molecule has 0 spiro atoms. The maximum absolute atomic E-state index is 11.2. The molecule has 0 aromatic heterocycles. The molecule has 0 saturated carbocycles. The first-order valence-corrected chi connectivity index (χ1v) is 6.70. The zero-order valence-corrected chi connectivity index (χ0v) is 11.4. The zero-order chi connectivity index (χ0) is 15.4. The summed E-state index contributed by atoms with van der Waals surface area (Å²) in [6.45, 7) is 1.16. The molecule has 1 aromatic rings. The molecule has 1 fully saturated rings. The summed E-state index contributed by atoms with van der Waals surface area (Å²) in [5, 5.41) is 20.2.